The van der Waals surface area contributed by atoms with E-state index < -0.39 is 0 Å². The minimum Gasteiger partial charge on any atom is -0.395 e. The molecule has 21 heavy (non-hydrogen) atoms. The molecule has 1 amide bonds. The van der Waals surface area contributed by atoms with Gasteiger partial charge in [0.05, 0.1) is 12.1 Å². The van der Waals surface area contributed by atoms with Gasteiger partial charge in [0.25, 0.3) is 5.91 Å². The lowest BCUT2D eigenvalue weighted by atomic mass is 10.1. The Morgan fingerprint density at radius 3 is 2.76 bits per heavy atom. The van der Waals surface area contributed by atoms with Crippen molar-refractivity contribution in [1.82, 2.24) is 9.88 Å². The molecule has 2 rings (SSSR count). The number of para-hydroxylation sites is 1. The summed E-state index contributed by atoms with van der Waals surface area (Å²) in [6, 6.07) is 9.53. The zero-order chi connectivity index (χ0) is 15.2. The molecule has 2 N–H and O–H groups in total. The van der Waals surface area contributed by atoms with E-state index in [1.54, 1.807) is 11.0 Å². The second kappa shape index (κ2) is 7.04. The van der Waals surface area contributed by atoms with Crippen LogP contribution in [0.1, 0.15) is 24.3 Å². The molecule has 0 bridgehead atoms. The number of aromatic nitrogens is 1. The Kier molecular flexibility index (Phi) is 5.11. The molecule has 0 aliphatic carbocycles. The summed E-state index contributed by atoms with van der Waals surface area (Å²) < 4.78 is 0. The van der Waals surface area contributed by atoms with Crippen LogP contribution in [0.4, 0.5) is 5.69 Å². The van der Waals surface area contributed by atoms with Gasteiger partial charge in [-0.15, -0.1) is 0 Å². The fourth-order valence-corrected chi connectivity index (χ4v) is 2.31. The van der Waals surface area contributed by atoms with Gasteiger partial charge in [-0.3, -0.25) is 4.79 Å². The molecule has 0 spiro atoms. The van der Waals surface area contributed by atoms with Crippen molar-refractivity contribution in [1.29, 1.82) is 0 Å². The van der Waals surface area contributed by atoms with Crippen LogP contribution in [-0.2, 0) is 0 Å². The number of aliphatic hydroxyl groups excluding tert-OH is 1. The summed E-state index contributed by atoms with van der Waals surface area (Å²) in [6.07, 6.45) is 0. The first-order valence-corrected chi connectivity index (χ1v) is 7.25. The highest BCUT2D eigenvalue weighted by Gasteiger charge is 2.17. The second-order valence-corrected chi connectivity index (χ2v) is 4.71. The van der Waals surface area contributed by atoms with Crippen molar-refractivity contribution in [3.8, 4) is 0 Å². The Labute approximate surface area is 124 Å². The summed E-state index contributed by atoms with van der Waals surface area (Å²) in [4.78, 5) is 18.5. The maximum Gasteiger partial charge on any atom is 0.272 e. The fourth-order valence-electron chi connectivity index (χ4n) is 2.31. The predicted molar refractivity (Wildman–Crippen MR) is 84.6 cm³/mol. The molecule has 1 aromatic heterocycles. The molecule has 5 nitrogen and oxygen atoms in total. The van der Waals surface area contributed by atoms with Crippen LogP contribution in [0.5, 0.6) is 0 Å². The first kappa shape index (κ1) is 15.3. The predicted octanol–water partition coefficient (Wildman–Crippen LogP) is 2.12. The average molecular weight is 287 g/mol. The van der Waals surface area contributed by atoms with Crippen LogP contribution in [0.25, 0.3) is 10.9 Å². The van der Waals surface area contributed by atoms with Crippen LogP contribution < -0.4 is 5.32 Å². The minimum absolute atomic E-state index is 0.0484. The van der Waals surface area contributed by atoms with E-state index in [0.29, 0.717) is 18.8 Å². The van der Waals surface area contributed by atoms with Gasteiger partial charge in [0.2, 0.25) is 0 Å². The smallest absolute Gasteiger partial charge is 0.272 e. The summed E-state index contributed by atoms with van der Waals surface area (Å²) in [5.41, 5.74) is 2.10. The molecule has 0 atom stereocenters. The highest BCUT2D eigenvalue weighted by atomic mass is 16.3. The molecule has 1 aromatic carbocycles. The first-order valence-electron chi connectivity index (χ1n) is 7.25. The third kappa shape index (κ3) is 3.31. The van der Waals surface area contributed by atoms with Crippen molar-refractivity contribution in [2.24, 2.45) is 0 Å². The third-order valence-corrected chi connectivity index (χ3v) is 3.34. The lowest BCUT2D eigenvalue weighted by Gasteiger charge is -2.20. The van der Waals surface area contributed by atoms with Crippen molar-refractivity contribution in [2.45, 2.75) is 13.8 Å². The van der Waals surface area contributed by atoms with E-state index in [1.165, 1.54) is 0 Å². The SMILES string of the molecule is CCNc1cc(C(=O)N(CC)CCO)nc2ccccc12. The van der Waals surface area contributed by atoms with Crippen molar-refractivity contribution < 1.29 is 9.90 Å². The Morgan fingerprint density at radius 1 is 1.33 bits per heavy atom. The van der Waals surface area contributed by atoms with Crippen LogP contribution in [0, 0.1) is 0 Å². The molecular weight excluding hydrogens is 266 g/mol. The Morgan fingerprint density at radius 2 is 2.10 bits per heavy atom. The molecule has 5 heteroatoms. The average Bonchev–Trinajstić information content (AvgIpc) is 2.52. The normalized spacial score (nSPS) is 10.6. The molecule has 112 valence electrons. The molecule has 0 aliphatic heterocycles. The van der Waals surface area contributed by atoms with Gasteiger partial charge in [-0.1, -0.05) is 18.2 Å². The van der Waals surface area contributed by atoms with Crippen molar-refractivity contribution in [3.05, 3.63) is 36.0 Å². The largest absolute Gasteiger partial charge is 0.395 e. The number of benzene rings is 1. The number of fused-ring (bicyclic) bond motifs is 1. The lowest BCUT2D eigenvalue weighted by molar-refractivity contribution is 0.0726. The number of nitrogens with one attached hydrogen (secondary N) is 1. The zero-order valence-electron chi connectivity index (χ0n) is 12.5. The third-order valence-electron chi connectivity index (χ3n) is 3.34. The van der Waals surface area contributed by atoms with E-state index >= 15 is 0 Å². The number of aliphatic hydroxyl groups is 1. The molecule has 0 radical (unpaired) electrons. The number of carbonyl (C=O) groups is 1. The molecule has 0 aliphatic rings. The van der Waals surface area contributed by atoms with Gasteiger partial charge in [0, 0.05) is 30.7 Å². The van der Waals surface area contributed by atoms with Crippen LogP contribution in [0.3, 0.4) is 0 Å². The van der Waals surface area contributed by atoms with E-state index in [0.717, 1.165) is 23.1 Å². The van der Waals surface area contributed by atoms with Crippen molar-refractivity contribution >= 4 is 22.5 Å². The maximum atomic E-state index is 12.5. The fraction of sp³-hybridized carbons (Fsp3) is 0.375. The Balaban J connectivity index is 2.46. The second-order valence-electron chi connectivity index (χ2n) is 4.71. The summed E-state index contributed by atoms with van der Waals surface area (Å²) in [5, 5.41) is 13.3. The van der Waals surface area contributed by atoms with Crippen LogP contribution in [0.2, 0.25) is 0 Å². The zero-order valence-corrected chi connectivity index (χ0v) is 12.5. The molecule has 0 saturated heterocycles. The summed E-state index contributed by atoms with van der Waals surface area (Å²) >= 11 is 0. The summed E-state index contributed by atoms with van der Waals surface area (Å²) in [5.74, 6) is -0.156. The van der Waals surface area contributed by atoms with Crippen molar-refractivity contribution in [2.75, 3.05) is 31.6 Å². The number of likely N-dealkylation sites (N-methyl/N-ethyl adjacent to an activating group) is 1. The topological polar surface area (TPSA) is 65.5 Å². The van der Waals surface area contributed by atoms with Crippen LogP contribution >= 0.6 is 0 Å². The highest BCUT2D eigenvalue weighted by Crippen LogP contribution is 2.23. The minimum atomic E-state index is -0.156. The number of hydrogen-bond donors (Lipinski definition) is 2. The quantitative estimate of drug-likeness (QED) is 0.854. The molecule has 1 heterocycles. The van der Waals surface area contributed by atoms with Crippen LogP contribution in [0.15, 0.2) is 30.3 Å². The number of amides is 1. The number of anilines is 1. The van der Waals surface area contributed by atoms with Gasteiger partial charge in [-0.25, -0.2) is 4.98 Å². The van der Waals surface area contributed by atoms with Gasteiger partial charge in [-0.05, 0) is 26.0 Å². The standard InChI is InChI=1S/C16H21N3O2/c1-3-17-14-11-15(16(21)19(4-2)9-10-20)18-13-8-6-5-7-12(13)14/h5-8,11,20H,3-4,9-10H2,1-2H3,(H,17,18). The number of carbonyl (C=O) groups excluding carboxylic acids is 1. The number of pyridine rings is 1. The van der Waals surface area contributed by atoms with Crippen molar-refractivity contribution in [3.63, 3.8) is 0 Å². The number of nitrogens with zero attached hydrogens (tertiary/aromatic N) is 2. The highest BCUT2D eigenvalue weighted by molar-refractivity contribution is 5.99. The Hall–Kier alpha value is -2.14. The van der Waals surface area contributed by atoms with E-state index in [2.05, 4.69) is 10.3 Å². The van der Waals surface area contributed by atoms with Gasteiger partial charge >= 0.3 is 0 Å². The molecule has 0 fully saturated rings. The van der Waals surface area contributed by atoms with Gasteiger partial charge < -0.3 is 15.3 Å². The van der Waals surface area contributed by atoms with E-state index in [-0.39, 0.29) is 12.5 Å². The molecular formula is C16H21N3O2. The molecule has 0 saturated carbocycles. The molecule has 2 aromatic rings. The lowest BCUT2D eigenvalue weighted by Crippen LogP contribution is -2.33. The number of hydrogen-bond acceptors (Lipinski definition) is 4. The van der Waals surface area contributed by atoms with E-state index in [9.17, 15) is 4.79 Å². The van der Waals surface area contributed by atoms with Gasteiger partial charge in [-0.2, -0.15) is 0 Å². The molecule has 0 unspecified atom stereocenters. The monoisotopic (exact) mass is 287 g/mol. The number of rotatable bonds is 6. The maximum absolute atomic E-state index is 12.5. The van der Waals surface area contributed by atoms with Gasteiger partial charge in [0.15, 0.2) is 0 Å². The Bertz CT molecular complexity index is 628. The van der Waals surface area contributed by atoms with E-state index in [4.69, 9.17) is 5.11 Å². The van der Waals surface area contributed by atoms with Gasteiger partial charge in [0.1, 0.15) is 5.69 Å². The summed E-state index contributed by atoms with van der Waals surface area (Å²) in [7, 11) is 0. The van der Waals surface area contributed by atoms with E-state index in [1.807, 2.05) is 38.1 Å². The van der Waals surface area contributed by atoms with Crippen LogP contribution in [-0.4, -0.2) is 47.1 Å². The summed E-state index contributed by atoms with van der Waals surface area (Å²) in [6.45, 7) is 5.49. The first-order chi connectivity index (χ1) is 10.2.